The van der Waals surface area contributed by atoms with Crippen LogP contribution in [0.25, 0.3) is 0 Å². The number of benzene rings is 1. The number of carbonyl (C=O) groups is 1. The van der Waals surface area contributed by atoms with Crippen LogP contribution >= 0.6 is 11.3 Å². The van der Waals surface area contributed by atoms with Crippen molar-refractivity contribution in [2.45, 2.75) is 26.4 Å². The fraction of sp³-hybridized carbons (Fsp3) is 0.286. The molecule has 0 atom stereocenters. The monoisotopic (exact) mass is 315 g/mol. The number of aromatic carboxylic acids is 1. The quantitative estimate of drug-likeness (QED) is 0.929. The van der Waals surface area contributed by atoms with Crippen molar-refractivity contribution in [2.75, 3.05) is 0 Å². The van der Waals surface area contributed by atoms with Crippen molar-refractivity contribution < 1.29 is 23.1 Å². The third-order valence-corrected chi connectivity index (χ3v) is 4.10. The molecular formula is C14H12F3NO2S. The largest absolute Gasteiger partial charge is 0.477 e. The summed E-state index contributed by atoms with van der Waals surface area (Å²) < 4.78 is 38.3. The van der Waals surface area contributed by atoms with Crippen LogP contribution in [0, 0.1) is 13.8 Å². The molecular weight excluding hydrogens is 303 g/mol. The van der Waals surface area contributed by atoms with Crippen LogP contribution in [0.3, 0.4) is 0 Å². The number of rotatable bonds is 3. The van der Waals surface area contributed by atoms with Crippen LogP contribution in [-0.2, 0) is 12.6 Å². The maximum Gasteiger partial charge on any atom is 0.435 e. The van der Waals surface area contributed by atoms with Crippen LogP contribution in [0.1, 0.15) is 37.1 Å². The lowest BCUT2D eigenvalue weighted by atomic mass is 10.0. The van der Waals surface area contributed by atoms with E-state index >= 15 is 0 Å². The highest BCUT2D eigenvalue weighted by atomic mass is 32.1. The Bertz CT molecular complexity index is 692. The molecule has 0 spiro atoms. The zero-order valence-corrected chi connectivity index (χ0v) is 12.1. The van der Waals surface area contributed by atoms with Gasteiger partial charge in [0.05, 0.1) is 5.01 Å². The van der Waals surface area contributed by atoms with Crippen molar-refractivity contribution in [1.29, 1.82) is 0 Å². The number of aromatic nitrogens is 1. The first-order chi connectivity index (χ1) is 9.68. The van der Waals surface area contributed by atoms with Gasteiger partial charge in [-0.2, -0.15) is 13.2 Å². The Kier molecular flexibility index (Phi) is 4.04. The molecule has 0 radical (unpaired) electrons. The molecule has 3 nitrogen and oxygen atoms in total. The molecule has 112 valence electrons. The highest BCUT2D eigenvalue weighted by Gasteiger charge is 2.39. The van der Waals surface area contributed by atoms with E-state index in [0.29, 0.717) is 11.3 Å². The number of thiazole rings is 1. The highest BCUT2D eigenvalue weighted by molar-refractivity contribution is 7.13. The van der Waals surface area contributed by atoms with Crippen molar-refractivity contribution in [1.82, 2.24) is 4.98 Å². The predicted molar refractivity (Wildman–Crippen MR) is 72.8 cm³/mol. The maximum atomic E-state index is 12.8. The van der Waals surface area contributed by atoms with Crippen molar-refractivity contribution in [3.05, 3.63) is 50.5 Å². The lowest BCUT2D eigenvalue weighted by Gasteiger charge is -2.04. The van der Waals surface area contributed by atoms with Crippen LogP contribution < -0.4 is 0 Å². The molecule has 2 rings (SSSR count). The third kappa shape index (κ3) is 3.41. The number of hydrogen-bond acceptors (Lipinski definition) is 3. The second-order valence-electron chi connectivity index (χ2n) is 4.68. The molecule has 1 aromatic carbocycles. The first kappa shape index (κ1) is 15.5. The molecule has 1 N–H and O–H groups in total. The molecule has 0 amide bonds. The van der Waals surface area contributed by atoms with E-state index in [4.69, 9.17) is 5.11 Å². The minimum Gasteiger partial charge on any atom is -0.477 e. The van der Waals surface area contributed by atoms with Gasteiger partial charge in [0.1, 0.15) is 4.88 Å². The number of halogens is 3. The molecule has 2 aromatic rings. The van der Waals surface area contributed by atoms with Gasteiger partial charge in [-0.3, -0.25) is 0 Å². The van der Waals surface area contributed by atoms with Crippen LogP contribution in [0.15, 0.2) is 18.2 Å². The zero-order chi connectivity index (χ0) is 15.8. The van der Waals surface area contributed by atoms with E-state index in [9.17, 15) is 18.0 Å². The Morgan fingerprint density at radius 2 is 1.95 bits per heavy atom. The van der Waals surface area contributed by atoms with Crippen molar-refractivity contribution >= 4 is 17.3 Å². The molecule has 1 heterocycles. The molecule has 1 aromatic heterocycles. The fourth-order valence-electron chi connectivity index (χ4n) is 1.87. The van der Waals surface area contributed by atoms with Gasteiger partial charge in [0.2, 0.25) is 0 Å². The van der Waals surface area contributed by atoms with Crippen molar-refractivity contribution in [3.63, 3.8) is 0 Å². The third-order valence-electron chi connectivity index (χ3n) is 3.06. The number of aryl methyl sites for hydroxylation is 2. The normalized spacial score (nSPS) is 11.7. The number of hydrogen-bond donors (Lipinski definition) is 1. The standard InChI is InChI=1S/C14H12F3NO2S/c1-7-3-4-9(5-8(7)2)6-10-18-12(14(15,16)17)11(21-10)13(19)20/h3-5H,6H2,1-2H3,(H,19,20). The van der Waals surface area contributed by atoms with E-state index in [1.54, 1.807) is 6.07 Å². The van der Waals surface area contributed by atoms with Gasteiger partial charge in [-0.1, -0.05) is 18.2 Å². The summed E-state index contributed by atoms with van der Waals surface area (Å²) in [7, 11) is 0. The molecule has 0 aliphatic carbocycles. The van der Waals surface area contributed by atoms with E-state index in [-0.39, 0.29) is 11.4 Å². The fourth-order valence-corrected chi connectivity index (χ4v) is 2.82. The minimum absolute atomic E-state index is 0.142. The topological polar surface area (TPSA) is 50.2 Å². The van der Waals surface area contributed by atoms with Crippen LogP contribution in [0.2, 0.25) is 0 Å². The number of nitrogens with zero attached hydrogens (tertiary/aromatic N) is 1. The zero-order valence-electron chi connectivity index (χ0n) is 11.3. The SMILES string of the molecule is Cc1ccc(Cc2nc(C(F)(F)F)c(C(=O)O)s2)cc1C. The van der Waals surface area contributed by atoms with E-state index in [0.717, 1.165) is 16.7 Å². The van der Waals surface area contributed by atoms with Gasteiger partial charge in [0, 0.05) is 6.42 Å². The first-order valence-electron chi connectivity index (χ1n) is 6.05. The summed E-state index contributed by atoms with van der Waals surface area (Å²) in [6.45, 7) is 3.84. The molecule has 0 aliphatic rings. The average molecular weight is 315 g/mol. The molecule has 0 saturated heterocycles. The smallest absolute Gasteiger partial charge is 0.435 e. The lowest BCUT2D eigenvalue weighted by Crippen LogP contribution is -2.11. The second kappa shape index (κ2) is 5.48. The summed E-state index contributed by atoms with van der Waals surface area (Å²) in [5.74, 6) is -1.61. The average Bonchev–Trinajstić information content (AvgIpc) is 2.78. The Morgan fingerprint density at radius 1 is 1.29 bits per heavy atom. The van der Waals surface area contributed by atoms with E-state index in [1.165, 1.54) is 0 Å². The van der Waals surface area contributed by atoms with E-state index in [2.05, 4.69) is 4.98 Å². The Balaban J connectivity index is 2.37. The van der Waals surface area contributed by atoms with Crippen LogP contribution in [0.5, 0.6) is 0 Å². The lowest BCUT2D eigenvalue weighted by molar-refractivity contribution is -0.141. The van der Waals surface area contributed by atoms with Crippen molar-refractivity contribution in [3.8, 4) is 0 Å². The van der Waals surface area contributed by atoms with Crippen molar-refractivity contribution in [2.24, 2.45) is 0 Å². The Morgan fingerprint density at radius 3 is 2.43 bits per heavy atom. The summed E-state index contributed by atoms with van der Waals surface area (Å²) in [5.41, 5.74) is 1.59. The minimum atomic E-state index is -4.76. The van der Waals surface area contributed by atoms with Crippen LogP contribution in [0.4, 0.5) is 13.2 Å². The van der Waals surface area contributed by atoms with Gasteiger partial charge < -0.3 is 5.11 Å². The molecule has 7 heteroatoms. The molecule has 0 unspecified atom stereocenters. The summed E-state index contributed by atoms with van der Waals surface area (Å²) >= 11 is 0.569. The molecule has 21 heavy (non-hydrogen) atoms. The van der Waals surface area contributed by atoms with Gasteiger partial charge in [0.15, 0.2) is 5.69 Å². The summed E-state index contributed by atoms with van der Waals surface area (Å²) in [4.78, 5) is 13.6. The van der Waals surface area contributed by atoms with Crippen LogP contribution in [-0.4, -0.2) is 16.1 Å². The van der Waals surface area contributed by atoms with E-state index in [1.807, 2.05) is 26.0 Å². The van der Waals surface area contributed by atoms with E-state index < -0.39 is 22.7 Å². The molecule has 0 fully saturated rings. The predicted octanol–water partition coefficient (Wildman–Crippen LogP) is 4.07. The number of carboxylic acid groups (broad SMARTS) is 1. The van der Waals surface area contributed by atoms with Gasteiger partial charge in [-0.25, -0.2) is 9.78 Å². The van der Waals surface area contributed by atoms with Gasteiger partial charge in [-0.15, -0.1) is 11.3 Å². The number of alkyl halides is 3. The van der Waals surface area contributed by atoms with Gasteiger partial charge >= 0.3 is 12.1 Å². The summed E-state index contributed by atoms with van der Waals surface area (Å²) in [6.07, 6.45) is -4.58. The Labute approximate surface area is 123 Å². The molecule has 0 bridgehead atoms. The van der Waals surface area contributed by atoms with Gasteiger partial charge in [-0.05, 0) is 30.5 Å². The van der Waals surface area contributed by atoms with Gasteiger partial charge in [0.25, 0.3) is 0 Å². The number of carboxylic acids is 1. The molecule has 0 saturated carbocycles. The first-order valence-corrected chi connectivity index (χ1v) is 6.86. The maximum absolute atomic E-state index is 12.8. The Hall–Kier alpha value is -1.89. The summed E-state index contributed by atoms with van der Waals surface area (Å²) in [5, 5.41) is 9.00. The highest BCUT2D eigenvalue weighted by Crippen LogP contribution is 2.35. The molecule has 0 aliphatic heterocycles. The second-order valence-corrected chi connectivity index (χ2v) is 5.77. The summed E-state index contributed by atoms with van der Waals surface area (Å²) in [6, 6.07) is 5.54.